The molecule has 1 aromatic heterocycles. The lowest BCUT2D eigenvalue weighted by Crippen LogP contribution is -1.97. The molecule has 0 radical (unpaired) electrons. The fraction of sp³-hybridized carbons (Fsp3) is 0.375. The minimum atomic E-state index is 0.316. The first-order valence-corrected chi connectivity index (χ1v) is 4.29. The molecule has 4 heteroatoms. The van der Waals surface area contributed by atoms with Crippen molar-refractivity contribution >= 4 is 15.9 Å². The second kappa shape index (κ2) is 5.24. The molecule has 0 unspecified atom stereocenters. The highest BCUT2D eigenvalue weighted by Gasteiger charge is 1.92. The van der Waals surface area contributed by atoms with Crippen LogP contribution in [0.4, 0.5) is 0 Å². The number of rotatable bonds is 4. The summed E-state index contributed by atoms with van der Waals surface area (Å²) >= 11 is 3.25. The van der Waals surface area contributed by atoms with Crippen molar-refractivity contribution in [3.8, 4) is 0 Å². The average Bonchev–Trinajstić information content (AvgIpc) is 2.09. The highest BCUT2D eigenvalue weighted by Crippen LogP contribution is 2.06. The van der Waals surface area contributed by atoms with Crippen molar-refractivity contribution in [1.29, 1.82) is 0 Å². The molecule has 0 N–H and O–H groups in total. The Morgan fingerprint density at radius 3 is 2.92 bits per heavy atom. The van der Waals surface area contributed by atoms with E-state index in [1.807, 2.05) is 12.1 Å². The molecule has 0 spiro atoms. The highest BCUT2D eigenvalue weighted by molar-refractivity contribution is 9.10. The maximum absolute atomic E-state index is 5.13. The molecule has 0 amide bonds. The Hall–Kier alpha value is -0.450. The number of ether oxygens (including phenoxy) is 2. The van der Waals surface area contributed by atoms with Gasteiger partial charge in [-0.15, -0.1) is 0 Å². The van der Waals surface area contributed by atoms with Crippen molar-refractivity contribution in [3.63, 3.8) is 0 Å². The molecule has 0 saturated carbocycles. The smallest absolute Gasteiger partial charge is 0.146 e. The van der Waals surface area contributed by atoms with Gasteiger partial charge in [0.25, 0.3) is 0 Å². The molecule has 1 rings (SSSR count). The van der Waals surface area contributed by atoms with Crippen molar-refractivity contribution < 1.29 is 9.47 Å². The largest absolute Gasteiger partial charge is 0.359 e. The summed E-state index contributed by atoms with van der Waals surface area (Å²) in [6.45, 7) is 0.851. The van der Waals surface area contributed by atoms with E-state index in [0.717, 1.165) is 10.2 Å². The molecular formula is C8H10BrNO2. The van der Waals surface area contributed by atoms with E-state index in [9.17, 15) is 0 Å². The summed E-state index contributed by atoms with van der Waals surface area (Å²) in [5.74, 6) is 0. The van der Waals surface area contributed by atoms with Gasteiger partial charge in [-0.05, 0) is 27.6 Å². The van der Waals surface area contributed by atoms with Gasteiger partial charge >= 0.3 is 0 Å². The third kappa shape index (κ3) is 3.30. The van der Waals surface area contributed by atoms with Gasteiger partial charge < -0.3 is 9.47 Å². The Labute approximate surface area is 79.8 Å². The van der Waals surface area contributed by atoms with Crippen molar-refractivity contribution in [2.24, 2.45) is 0 Å². The summed E-state index contributed by atoms with van der Waals surface area (Å²) in [6.07, 6.45) is 1.76. The van der Waals surface area contributed by atoms with Crippen LogP contribution in [0.3, 0.4) is 0 Å². The standard InChI is InChI=1S/C8H10BrNO2/c1-11-6-12-5-7-2-3-8(9)10-4-7/h2-4H,5-6H2,1H3. The first kappa shape index (κ1) is 9.64. The zero-order valence-electron chi connectivity index (χ0n) is 6.79. The number of nitrogens with zero attached hydrogens (tertiary/aromatic N) is 1. The van der Waals surface area contributed by atoms with Crippen LogP contribution in [0.1, 0.15) is 5.56 Å². The third-order valence-electron chi connectivity index (χ3n) is 1.26. The third-order valence-corrected chi connectivity index (χ3v) is 1.73. The number of halogens is 1. The van der Waals surface area contributed by atoms with E-state index in [1.165, 1.54) is 0 Å². The lowest BCUT2D eigenvalue weighted by Gasteiger charge is -2.01. The molecule has 0 fully saturated rings. The summed E-state index contributed by atoms with van der Waals surface area (Å²) in [4.78, 5) is 4.05. The molecule has 0 aliphatic rings. The predicted molar refractivity (Wildman–Crippen MR) is 48.6 cm³/mol. The normalized spacial score (nSPS) is 10.2. The maximum atomic E-state index is 5.13. The van der Waals surface area contributed by atoms with Gasteiger partial charge in [0.2, 0.25) is 0 Å². The Morgan fingerprint density at radius 2 is 2.33 bits per heavy atom. The van der Waals surface area contributed by atoms with Crippen LogP contribution in [0.2, 0.25) is 0 Å². The summed E-state index contributed by atoms with van der Waals surface area (Å²) in [7, 11) is 1.60. The van der Waals surface area contributed by atoms with Gasteiger partial charge in [-0.25, -0.2) is 4.98 Å². The molecule has 0 aliphatic carbocycles. The van der Waals surface area contributed by atoms with E-state index < -0.39 is 0 Å². The van der Waals surface area contributed by atoms with Gasteiger partial charge in [0.1, 0.15) is 11.4 Å². The minimum Gasteiger partial charge on any atom is -0.359 e. The highest BCUT2D eigenvalue weighted by atomic mass is 79.9. The van der Waals surface area contributed by atoms with E-state index in [1.54, 1.807) is 13.3 Å². The van der Waals surface area contributed by atoms with E-state index in [2.05, 4.69) is 20.9 Å². The molecule has 0 saturated heterocycles. The average molecular weight is 232 g/mol. The zero-order valence-corrected chi connectivity index (χ0v) is 8.37. The second-order valence-electron chi connectivity index (χ2n) is 2.24. The van der Waals surface area contributed by atoms with Gasteiger partial charge in [-0.3, -0.25) is 0 Å². The van der Waals surface area contributed by atoms with Crippen LogP contribution in [0.25, 0.3) is 0 Å². The Bertz CT molecular complexity index is 225. The van der Waals surface area contributed by atoms with Crippen LogP contribution >= 0.6 is 15.9 Å². The molecule has 0 atom stereocenters. The fourth-order valence-corrected chi connectivity index (χ4v) is 0.969. The molecule has 12 heavy (non-hydrogen) atoms. The van der Waals surface area contributed by atoms with Gasteiger partial charge in [-0.2, -0.15) is 0 Å². The van der Waals surface area contributed by atoms with Crippen molar-refractivity contribution in [1.82, 2.24) is 4.98 Å². The van der Waals surface area contributed by atoms with E-state index in [-0.39, 0.29) is 0 Å². The van der Waals surface area contributed by atoms with Gasteiger partial charge in [0, 0.05) is 13.3 Å². The lowest BCUT2D eigenvalue weighted by molar-refractivity contribution is -0.0391. The number of methoxy groups -OCH3 is 1. The topological polar surface area (TPSA) is 31.4 Å². The van der Waals surface area contributed by atoms with Crippen LogP contribution in [0.5, 0.6) is 0 Å². The molecule has 0 aromatic carbocycles. The fourth-order valence-electron chi connectivity index (χ4n) is 0.735. The summed E-state index contributed by atoms with van der Waals surface area (Å²) in [6, 6.07) is 3.83. The SMILES string of the molecule is COCOCc1ccc(Br)nc1. The molecule has 0 aliphatic heterocycles. The van der Waals surface area contributed by atoms with E-state index in [4.69, 9.17) is 9.47 Å². The first-order valence-electron chi connectivity index (χ1n) is 3.50. The number of hydrogen-bond donors (Lipinski definition) is 0. The van der Waals surface area contributed by atoms with Gasteiger partial charge in [0.05, 0.1) is 6.61 Å². The summed E-state index contributed by atoms with van der Waals surface area (Å²) in [5.41, 5.74) is 1.04. The number of pyridine rings is 1. The van der Waals surface area contributed by atoms with E-state index in [0.29, 0.717) is 13.4 Å². The molecule has 1 aromatic rings. The molecule has 3 nitrogen and oxygen atoms in total. The quantitative estimate of drug-likeness (QED) is 0.451. The second-order valence-corrected chi connectivity index (χ2v) is 3.06. The van der Waals surface area contributed by atoms with Crippen LogP contribution in [-0.2, 0) is 16.1 Å². The molecule has 1 heterocycles. The van der Waals surface area contributed by atoms with Gasteiger partial charge in [-0.1, -0.05) is 6.07 Å². The maximum Gasteiger partial charge on any atom is 0.146 e. The van der Waals surface area contributed by atoms with Crippen LogP contribution < -0.4 is 0 Å². The van der Waals surface area contributed by atoms with Crippen molar-refractivity contribution in [2.45, 2.75) is 6.61 Å². The van der Waals surface area contributed by atoms with Gasteiger partial charge in [0.15, 0.2) is 0 Å². The molecule has 66 valence electrons. The van der Waals surface area contributed by atoms with Crippen LogP contribution in [0.15, 0.2) is 22.9 Å². The van der Waals surface area contributed by atoms with Crippen molar-refractivity contribution in [3.05, 3.63) is 28.5 Å². The van der Waals surface area contributed by atoms with Crippen LogP contribution in [0, 0.1) is 0 Å². The predicted octanol–water partition coefficient (Wildman–Crippen LogP) is 1.96. The molecular weight excluding hydrogens is 222 g/mol. The number of aromatic nitrogens is 1. The number of hydrogen-bond acceptors (Lipinski definition) is 3. The molecule has 0 bridgehead atoms. The monoisotopic (exact) mass is 231 g/mol. The Kier molecular flexibility index (Phi) is 4.21. The van der Waals surface area contributed by atoms with Crippen molar-refractivity contribution in [2.75, 3.05) is 13.9 Å². The Morgan fingerprint density at radius 1 is 1.50 bits per heavy atom. The minimum absolute atomic E-state index is 0.316. The lowest BCUT2D eigenvalue weighted by atomic mass is 10.3. The Balaban J connectivity index is 2.37. The first-order chi connectivity index (χ1) is 5.83. The van der Waals surface area contributed by atoms with E-state index >= 15 is 0 Å². The summed E-state index contributed by atoms with van der Waals surface area (Å²) in [5, 5.41) is 0. The van der Waals surface area contributed by atoms with Crippen LogP contribution in [-0.4, -0.2) is 18.9 Å². The summed E-state index contributed by atoms with van der Waals surface area (Å²) < 4.78 is 10.7. The zero-order chi connectivity index (χ0) is 8.81.